The van der Waals surface area contributed by atoms with Gasteiger partial charge in [0.1, 0.15) is 5.75 Å². The maximum absolute atomic E-state index is 8.64. The molecule has 2 aromatic rings. The molecule has 4 heteroatoms. The molecule has 0 aliphatic heterocycles. The quantitative estimate of drug-likeness (QED) is 0.390. The predicted molar refractivity (Wildman–Crippen MR) is 123 cm³/mol. The van der Waals surface area contributed by atoms with Gasteiger partial charge in [0.15, 0.2) is 0 Å². The van der Waals surface area contributed by atoms with Gasteiger partial charge in [-0.05, 0) is 55.3 Å². The van der Waals surface area contributed by atoms with E-state index < -0.39 is 0 Å². The van der Waals surface area contributed by atoms with Crippen LogP contribution in [0, 0.1) is 11.3 Å². The third-order valence-corrected chi connectivity index (χ3v) is 5.56. The Bertz CT molecular complexity index is 821. The van der Waals surface area contributed by atoms with Crippen LogP contribution < -0.4 is 9.64 Å². The monoisotopic (exact) mass is 394 g/mol. The molecule has 0 bridgehead atoms. The summed E-state index contributed by atoms with van der Waals surface area (Å²) in [7, 11) is 1.73. The third kappa shape index (κ3) is 6.58. The number of methoxy groups -OCH3 is 1. The van der Waals surface area contributed by atoms with E-state index in [1.54, 1.807) is 18.4 Å². The number of nitriles is 1. The fraction of sp³-hybridized carbons (Fsp3) is 0.375. The molecule has 0 N–H and O–H groups in total. The summed E-state index contributed by atoms with van der Waals surface area (Å²) in [6.45, 7) is 6.64. The Morgan fingerprint density at radius 1 is 1.00 bits per heavy atom. The van der Waals surface area contributed by atoms with Crippen LogP contribution in [0.3, 0.4) is 0 Å². The number of hydrogen-bond acceptors (Lipinski definition) is 4. The van der Waals surface area contributed by atoms with E-state index in [2.05, 4.69) is 55.2 Å². The molecule has 2 rings (SSSR count). The molecule has 1 aromatic heterocycles. The molecule has 1 heterocycles. The van der Waals surface area contributed by atoms with Gasteiger partial charge in [0, 0.05) is 46.2 Å². The van der Waals surface area contributed by atoms with Gasteiger partial charge in [-0.15, -0.1) is 11.3 Å². The van der Waals surface area contributed by atoms with Crippen molar-refractivity contribution in [3.05, 3.63) is 51.7 Å². The maximum atomic E-state index is 8.64. The predicted octanol–water partition coefficient (Wildman–Crippen LogP) is 6.87. The lowest BCUT2D eigenvalue weighted by atomic mass is 10.1. The number of unbranched alkanes of at least 4 members (excludes halogenated alkanes) is 2. The van der Waals surface area contributed by atoms with Gasteiger partial charge in [0.05, 0.1) is 13.2 Å². The van der Waals surface area contributed by atoms with Crippen LogP contribution in [0.5, 0.6) is 5.75 Å². The minimum atomic E-state index is 0.896. The van der Waals surface area contributed by atoms with E-state index in [4.69, 9.17) is 10.00 Å². The van der Waals surface area contributed by atoms with E-state index in [9.17, 15) is 0 Å². The van der Waals surface area contributed by atoms with Gasteiger partial charge in [-0.3, -0.25) is 0 Å². The lowest BCUT2D eigenvalue weighted by Gasteiger charge is -2.25. The Hall–Kier alpha value is -2.51. The molecule has 0 atom stereocenters. The number of rotatable bonds is 11. The fourth-order valence-electron chi connectivity index (χ4n) is 2.94. The summed E-state index contributed by atoms with van der Waals surface area (Å²) in [5.74, 6) is 0.896. The number of hydrogen-bond donors (Lipinski definition) is 0. The molecule has 0 saturated heterocycles. The molecule has 0 fully saturated rings. The zero-order chi connectivity index (χ0) is 20.2. The summed E-state index contributed by atoms with van der Waals surface area (Å²) in [5, 5.41) is 8.64. The number of anilines is 1. The topological polar surface area (TPSA) is 36.3 Å². The third-order valence-electron chi connectivity index (χ3n) is 4.54. The summed E-state index contributed by atoms with van der Waals surface area (Å²) in [6, 6.07) is 12.6. The van der Waals surface area contributed by atoms with Gasteiger partial charge >= 0.3 is 0 Å². The molecule has 0 aliphatic carbocycles. The number of benzene rings is 1. The maximum Gasteiger partial charge on any atom is 0.128 e. The zero-order valence-electron chi connectivity index (χ0n) is 17.1. The largest absolute Gasteiger partial charge is 0.496 e. The van der Waals surface area contributed by atoms with Gasteiger partial charge in [0.2, 0.25) is 0 Å². The second-order valence-corrected chi connectivity index (χ2v) is 7.80. The Kier molecular flexibility index (Phi) is 9.37. The molecule has 0 unspecified atom stereocenters. The Morgan fingerprint density at radius 2 is 1.68 bits per heavy atom. The molecule has 0 saturated carbocycles. The van der Waals surface area contributed by atoms with Crippen LogP contribution in [0.25, 0.3) is 18.2 Å². The van der Waals surface area contributed by atoms with E-state index in [-0.39, 0.29) is 0 Å². The first-order valence-corrected chi connectivity index (χ1v) is 10.8. The lowest BCUT2D eigenvalue weighted by Crippen LogP contribution is -2.25. The molecular weight excluding hydrogens is 364 g/mol. The molecule has 0 aliphatic rings. The highest BCUT2D eigenvalue weighted by Crippen LogP contribution is 2.29. The van der Waals surface area contributed by atoms with E-state index in [0.717, 1.165) is 34.2 Å². The van der Waals surface area contributed by atoms with E-state index >= 15 is 0 Å². The average Bonchev–Trinajstić information content (AvgIpc) is 3.18. The minimum Gasteiger partial charge on any atom is -0.496 e. The van der Waals surface area contributed by atoms with E-state index in [0.29, 0.717) is 0 Å². The second-order valence-electron chi connectivity index (χ2n) is 6.66. The summed E-state index contributed by atoms with van der Waals surface area (Å²) < 4.78 is 5.67. The van der Waals surface area contributed by atoms with Crippen LogP contribution in [0.2, 0.25) is 0 Å². The van der Waals surface area contributed by atoms with Crippen molar-refractivity contribution >= 4 is 35.3 Å². The van der Waals surface area contributed by atoms with Crippen LogP contribution in [-0.2, 0) is 0 Å². The zero-order valence-corrected chi connectivity index (χ0v) is 18.0. The van der Waals surface area contributed by atoms with Gasteiger partial charge < -0.3 is 9.64 Å². The minimum absolute atomic E-state index is 0.896. The summed E-state index contributed by atoms with van der Waals surface area (Å²) in [5.41, 5.74) is 2.30. The fourth-order valence-corrected chi connectivity index (χ4v) is 3.76. The summed E-state index contributed by atoms with van der Waals surface area (Å²) in [4.78, 5) is 4.69. The van der Waals surface area contributed by atoms with Gasteiger partial charge in [-0.2, -0.15) is 5.26 Å². The van der Waals surface area contributed by atoms with Crippen molar-refractivity contribution in [3.8, 4) is 11.8 Å². The smallest absolute Gasteiger partial charge is 0.128 e. The number of ether oxygens (including phenoxy) is 1. The molecule has 0 radical (unpaired) electrons. The second kappa shape index (κ2) is 12.0. The first kappa shape index (κ1) is 21.8. The van der Waals surface area contributed by atoms with Gasteiger partial charge in [0.25, 0.3) is 0 Å². The van der Waals surface area contributed by atoms with Crippen LogP contribution in [0.4, 0.5) is 5.69 Å². The average molecular weight is 395 g/mol. The summed E-state index contributed by atoms with van der Waals surface area (Å²) in [6.07, 6.45) is 12.3. The number of thiophene rings is 1. The highest BCUT2D eigenvalue weighted by atomic mass is 32.1. The van der Waals surface area contributed by atoms with Crippen molar-refractivity contribution in [1.82, 2.24) is 0 Å². The first-order chi connectivity index (χ1) is 13.7. The molecule has 28 heavy (non-hydrogen) atoms. The molecule has 3 nitrogen and oxygen atoms in total. The van der Waals surface area contributed by atoms with Crippen molar-refractivity contribution in [2.75, 3.05) is 25.1 Å². The van der Waals surface area contributed by atoms with Crippen LogP contribution in [-0.4, -0.2) is 20.2 Å². The SMILES string of the molecule is CCCCN(CCCC)c1ccc(/C=C/c2ccc(/C=C/C#N)s2)c(OC)c1. The van der Waals surface area contributed by atoms with Crippen molar-refractivity contribution in [2.45, 2.75) is 39.5 Å². The van der Waals surface area contributed by atoms with Crippen LogP contribution in [0.15, 0.2) is 36.4 Å². The van der Waals surface area contributed by atoms with Gasteiger partial charge in [-0.1, -0.05) is 26.7 Å². The normalized spacial score (nSPS) is 11.2. The lowest BCUT2D eigenvalue weighted by molar-refractivity contribution is 0.414. The van der Waals surface area contributed by atoms with Gasteiger partial charge in [-0.25, -0.2) is 0 Å². The molecule has 1 aromatic carbocycles. The van der Waals surface area contributed by atoms with Crippen molar-refractivity contribution < 1.29 is 4.74 Å². The molecule has 0 amide bonds. The van der Waals surface area contributed by atoms with E-state index in [1.165, 1.54) is 37.4 Å². The first-order valence-electron chi connectivity index (χ1n) is 9.98. The van der Waals surface area contributed by atoms with Crippen molar-refractivity contribution in [2.24, 2.45) is 0 Å². The summed E-state index contributed by atoms with van der Waals surface area (Å²) >= 11 is 1.66. The highest BCUT2D eigenvalue weighted by Gasteiger charge is 2.09. The van der Waals surface area contributed by atoms with Crippen LogP contribution >= 0.6 is 11.3 Å². The van der Waals surface area contributed by atoms with Crippen molar-refractivity contribution in [3.63, 3.8) is 0 Å². The number of allylic oxidation sites excluding steroid dienone is 1. The standard InChI is InChI=1S/C24H30N2OS/c1-4-6-17-26(18-7-5-2)21-12-10-20(24(19-21)27-3)11-13-23-15-14-22(28-23)9-8-16-25/h8-15,19H,4-7,17-18H2,1-3H3/b9-8+,13-11+. The Labute approximate surface area is 173 Å². The molecule has 0 spiro atoms. The van der Waals surface area contributed by atoms with E-state index in [1.807, 2.05) is 18.2 Å². The van der Waals surface area contributed by atoms with Crippen LogP contribution in [0.1, 0.15) is 54.8 Å². The van der Waals surface area contributed by atoms with Crippen molar-refractivity contribution in [1.29, 1.82) is 5.26 Å². The highest BCUT2D eigenvalue weighted by molar-refractivity contribution is 7.13. The Balaban J connectivity index is 2.18. The number of nitrogens with zero attached hydrogens (tertiary/aromatic N) is 2. The molecule has 148 valence electrons. The Morgan fingerprint density at radius 3 is 2.29 bits per heavy atom. The molecular formula is C24H30N2OS.